The molecule has 0 aliphatic carbocycles. The minimum Gasteiger partial charge on any atom is -0.335 e. The molecule has 0 saturated heterocycles. The number of hydrazine groups is 1. The average Bonchev–Trinajstić information content (AvgIpc) is 2.07. The molecule has 16 heavy (non-hydrogen) atoms. The van der Waals surface area contributed by atoms with Crippen LogP contribution < -0.4 is 10.1 Å². The largest absolute Gasteiger partial charge is 0.347 e. The van der Waals surface area contributed by atoms with E-state index in [4.69, 9.17) is 11.6 Å². The second kappa shape index (κ2) is 5.66. The number of hydrogen-bond acceptors (Lipinski definition) is 5. The number of carbonyl (C=O) groups is 1. The number of urea groups is 1. The molecule has 0 aromatic carbocycles. The second-order valence-corrected chi connectivity index (χ2v) is 6.75. The number of hydrogen-bond donors (Lipinski definition) is 2. The summed E-state index contributed by atoms with van der Waals surface area (Å²) in [6, 6.07) is -1.12. The lowest BCUT2D eigenvalue weighted by atomic mass is 10.7. The van der Waals surface area contributed by atoms with Gasteiger partial charge in [-0.2, -0.15) is 0 Å². The molecule has 0 atom stereocenters. The third kappa shape index (κ3) is 6.10. The van der Waals surface area contributed by atoms with Crippen LogP contribution in [0.4, 0.5) is 4.79 Å². The maximum atomic E-state index is 11.3. The van der Waals surface area contributed by atoms with Gasteiger partial charge in [0.1, 0.15) is 0 Å². The van der Waals surface area contributed by atoms with Crippen molar-refractivity contribution in [1.82, 2.24) is 14.6 Å². The first-order chi connectivity index (χ1) is 7.08. The van der Waals surface area contributed by atoms with E-state index in [-0.39, 0.29) is 16.8 Å². The first-order valence-corrected chi connectivity index (χ1v) is 8.17. The molecule has 0 heterocycles. The van der Waals surface area contributed by atoms with Crippen LogP contribution in [0.1, 0.15) is 0 Å². The Balaban J connectivity index is 4.91. The fraction of sp³-hybridized carbons (Fsp3) is 0.800. The summed E-state index contributed by atoms with van der Waals surface area (Å²) in [6.45, 7) is 0.0118. The Morgan fingerprint density at radius 2 is 1.75 bits per heavy atom. The first-order valence-electron chi connectivity index (χ1n) is 3.89. The summed E-state index contributed by atoms with van der Waals surface area (Å²) < 4.78 is 43.9. The molecule has 2 N–H and O–H groups in total. The zero-order valence-electron chi connectivity index (χ0n) is 8.60. The summed E-state index contributed by atoms with van der Waals surface area (Å²) in [4.78, 5) is 12.8. The van der Waals surface area contributed by atoms with Crippen molar-refractivity contribution in [2.24, 2.45) is 0 Å². The molecule has 0 fully saturated rings. The van der Waals surface area contributed by atoms with Gasteiger partial charge in [0.2, 0.25) is 20.0 Å². The number of halogens is 1. The summed E-state index contributed by atoms with van der Waals surface area (Å²) in [5.74, 6) is 0.0716. The normalized spacial score (nSPS) is 12.2. The van der Waals surface area contributed by atoms with Crippen molar-refractivity contribution in [2.45, 2.75) is 0 Å². The van der Waals surface area contributed by atoms with Crippen molar-refractivity contribution in [3.8, 4) is 0 Å². The molecule has 2 amide bonds. The van der Waals surface area contributed by atoms with Crippen LogP contribution in [0.2, 0.25) is 0 Å². The molecular formula is C5H12ClN3O5S2. The van der Waals surface area contributed by atoms with Gasteiger partial charge in [0, 0.05) is 12.4 Å². The van der Waals surface area contributed by atoms with E-state index >= 15 is 0 Å². The SMILES string of the molecule is CS(=O)(=O)NN(C(=O)NCCCl)S(C)(=O)=O. The fourth-order valence-corrected chi connectivity index (χ4v) is 2.43. The van der Waals surface area contributed by atoms with E-state index in [9.17, 15) is 21.6 Å². The number of nitrogens with one attached hydrogen (secondary N) is 2. The second-order valence-electron chi connectivity index (χ2n) is 2.81. The molecule has 0 aromatic rings. The summed E-state index contributed by atoms with van der Waals surface area (Å²) in [5, 5.41) is 2.11. The van der Waals surface area contributed by atoms with Crippen LogP contribution in [0, 0.1) is 0 Å². The number of sulfonamides is 2. The Bertz CT molecular complexity index is 445. The minimum absolute atomic E-state index is 0.00508. The quantitative estimate of drug-likeness (QED) is 0.481. The van der Waals surface area contributed by atoms with Gasteiger partial charge in [0.25, 0.3) is 0 Å². The highest BCUT2D eigenvalue weighted by Crippen LogP contribution is 1.96. The van der Waals surface area contributed by atoms with Gasteiger partial charge in [-0.3, -0.25) is 0 Å². The van der Waals surface area contributed by atoms with Crippen LogP contribution in [0.5, 0.6) is 0 Å². The lowest BCUT2D eigenvalue weighted by Crippen LogP contribution is -2.53. The molecule has 8 nitrogen and oxygen atoms in total. The van der Waals surface area contributed by atoms with Crippen LogP contribution in [0.15, 0.2) is 0 Å². The van der Waals surface area contributed by atoms with Gasteiger partial charge < -0.3 is 5.32 Å². The van der Waals surface area contributed by atoms with Crippen molar-refractivity contribution in [2.75, 3.05) is 24.9 Å². The average molecular weight is 294 g/mol. The maximum absolute atomic E-state index is 11.3. The Hall–Kier alpha value is -0.580. The Morgan fingerprint density at radius 3 is 2.06 bits per heavy atom. The molecule has 0 aliphatic rings. The zero-order chi connectivity index (χ0) is 13.0. The maximum Gasteiger partial charge on any atom is 0.347 e. The molecule has 0 rings (SSSR count). The van der Waals surface area contributed by atoms with E-state index in [0.717, 1.165) is 6.26 Å². The molecule has 0 aromatic heterocycles. The number of rotatable bonds is 5. The highest BCUT2D eigenvalue weighted by atomic mass is 35.5. The lowest BCUT2D eigenvalue weighted by molar-refractivity contribution is 0.219. The van der Waals surface area contributed by atoms with Gasteiger partial charge in [-0.15, -0.1) is 20.8 Å². The highest BCUT2D eigenvalue weighted by Gasteiger charge is 2.26. The molecule has 0 spiro atoms. The predicted molar refractivity (Wildman–Crippen MR) is 58.8 cm³/mol. The summed E-state index contributed by atoms with van der Waals surface area (Å²) in [5.41, 5.74) is 0. The summed E-state index contributed by atoms with van der Waals surface area (Å²) >= 11 is 5.28. The van der Waals surface area contributed by atoms with Crippen LogP contribution in [-0.4, -0.2) is 52.2 Å². The number of carbonyl (C=O) groups excluding carboxylic acids is 1. The van der Waals surface area contributed by atoms with Gasteiger partial charge in [-0.05, 0) is 0 Å². The topological polar surface area (TPSA) is 113 Å². The van der Waals surface area contributed by atoms with Gasteiger partial charge in [-0.1, -0.05) is 0 Å². The van der Waals surface area contributed by atoms with Crippen molar-refractivity contribution < 1.29 is 21.6 Å². The Morgan fingerprint density at radius 1 is 1.25 bits per heavy atom. The smallest absolute Gasteiger partial charge is 0.335 e. The van der Waals surface area contributed by atoms with E-state index in [1.54, 1.807) is 4.83 Å². The van der Waals surface area contributed by atoms with E-state index in [2.05, 4.69) is 5.32 Å². The van der Waals surface area contributed by atoms with E-state index < -0.39 is 26.1 Å². The van der Waals surface area contributed by atoms with Crippen molar-refractivity contribution in [3.05, 3.63) is 0 Å². The molecular weight excluding hydrogens is 282 g/mol. The third-order valence-corrected chi connectivity index (χ3v) is 2.87. The molecule has 96 valence electrons. The summed E-state index contributed by atoms with van der Waals surface area (Å²) in [6.07, 6.45) is 1.41. The molecule has 11 heteroatoms. The number of alkyl halides is 1. The van der Waals surface area contributed by atoms with Gasteiger partial charge >= 0.3 is 6.03 Å². The molecule has 0 bridgehead atoms. The van der Waals surface area contributed by atoms with Crippen LogP contribution in [0.3, 0.4) is 0 Å². The Labute approximate surface area is 99.0 Å². The first kappa shape index (κ1) is 15.4. The number of amides is 2. The van der Waals surface area contributed by atoms with E-state index in [1.807, 2.05) is 0 Å². The predicted octanol–water partition coefficient (Wildman–Crippen LogP) is -1.34. The van der Waals surface area contributed by atoms with Crippen molar-refractivity contribution in [1.29, 1.82) is 0 Å². The van der Waals surface area contributed by atoms with Crippen LogP contribution in [0.25, 0.3) is 0 Å². The lowest BCUT2D eigenvalue weighted by Gasteiger charge is -2.19. The number of nitrogens with zero attached hydrogens (tertiary/aromatic N) is 1. The van der Waals surface area contributed by atoms with Crippen molar-refractivity contribution in [3.63, 3.8) is 0 Å². The van der Waals surface area contributed by atoms with Crippen LogP contribution >= 0.6 is 11.6 Å². The van der Waals surface area contributed by atoms with E-state index in [0.29, 0.717) is 6.26 Å². The van der Waals surface area contributed by atoms with Gasteiger partial charge in [0.15, 0.2) is 0 Å². The monoisotopic (exact) mass is 293 g/mol. The Kier molecular flexibility index (Phi) is 5.46. The zero-order valence-corrected chi connectivity index (χ0v) is 11.0. The highest BCUT2D eigenvalue weighted by molar-refractivity contribution is 7.91. The summed E-state index contributed by atoms with van der Waals surface area (Å²) in [7, 11) is -7.91. The van der Waals surface area contributed by atoms with Gasteiger partial charge in [-0.25, -0.2) is 21.6 Å². The molecule has 0 saturated carbocycles. The molecule has 0 aliphatic heterocycles. The molecule has 0 radical (unpaired) electrons. The van der Waals surface area contributed by atoms with Crippen LogP contribution in [-0.2, 0) is 20.0 Å². The molecule has 0 unspecified atom stereocenters. The van der Waals surface area contributed by atoms with Crippen molar-refractivity contribution >= 4 is 37.7 Å². The third-order valence-electron chi connectivity index (χ3n) is 1.14. The van der Waals surface area contributed by atoms with Gasteiger partial charge in [0.05, 0.1) is 12.5 Å². The van der Waals surface area contributed by atoms with E-state index in [1.165, 1.54) is 0 Å². The minimum atomic E-state index is -4.04. The standard InChI is InChI=1S/C5H12ClN3O5S2/c1-15(11,12)8-9(16(2,13)14)5(10)7-4-3-6/h8H,3-4H2,1-2H3,(H,7,10). The fourth-order valence-electron chi connectivity index (χ4n) is 0.636.